The number of ether oxygens (including phenoxy) is 1. The average molecular weight is 450 g/mol. The lowest BCUT2D eigenvalue weighted by atomic mass is 10.1. The van der Waals surface area contributed by atoms with Crippen LogP contribution in [0.4, 0.5) is 15.8 Å². The van der Waals surface area contributed by atoms with Crippen LogP contribution in [0.15, 0.2) is 48.5 Å². The molecule has 1 heterocycles. The number of anilines is 2. The molecule has 7 nitrogen and oxygen atoms in total. The highest BCUT2D eigenvalue weighted by Crippen LogP contribution is 2.29. The summed E-state index contributed by atoms with van der Waals surface area (Å²) < 4.78 is 45.0. The Morgan fingerprint density at radius 3 is 2.26 bits per heavy atom. The highest BCUT2D eigenvalue weighted by Gasteiger charge is 2.35. The van der Waals surface area contributed by atoms with Crippen molar-refractivity contribution in [3.8, 4) is 5.75 Å². The fraction of sp³-hybridized carbons (Fsp3) is 0.409. The van der Waals surface area contributed by atoms with E-state index in [-0.39, 0.29) is 11.6 Å². The van der Waals surface area contributed by atoms with Gasteiger partial charge in [0.25, 0.3) is 0 Å². The van der Waals surface area contributed by atoms with Gasteiger partial charge in [0.15, 0.2) is 0 Å². The molecule has 1 amide bonds. The summed E-state index contributed by atoms with van der Waals surface area (Å²) in [5.74, 6) is 0.0502. The van der Waals surface area contributed by atoms with Crippen LogP contribution in [0.25, 0.3) is 0 Å². The summed E-state index contributed by atoms with van der Waals surface area (Å²) in [5, 5.41) is 0. The number of amides is 1. The molecular weight excluding hydrogens is 421 g/mol. The highest BCUT2D eigenvalue weighted by molar-refractivity contribution is 7.92. The van der Waals surface area contributed by atoms with Gasteiger partial charge in [-0.2, -0.15) is 0 Å². The lowest BCUT2D eigenvalue weighted by Crippen LogP contribution is -2.56. The van der Waals surface area contributed by atoms with Crippen molar-refractivity contribution in [3.63, 3.8) is 0 Å². The lowest BCUT2D eigenvalue weighted by Gasteiger charge is -2.39. The quantitative estimate of drug-likeness (QED) is 0.650. The number of hydrogen-bond acceptors (Lipinski definition) is 5. The third-order valence-corrected chi connectivity index (χ3v) is 6.59. The van der Waals surface area contributed by atoms with Crippen LogP contribution in [-0.2, 0) is 14.8 Å². The standard InChI is InChI=1S/C22H28FN3O4S/c1-4-19(26(31(3,28)29)18-11-9-17(23)10-12-18)22(27)25-15-13-24(14-16-25)20-7-5-6-8-21(20)30-2/h5-12,19H,4,13-16H2,1-3H3/t19-/m1/s1. The maximum absolute atomic E-state index is 13.4. The molecule has 1 atom stereocenters. The molecule has 2 aromatic carbocycles. The molecule has 0 saturated carbocycles. The number of rotatable bonds is 7. The summed E-state index contributed by atoms with van der Waals surface area (Å²) in [6, 6.07) is 12.0. The van der Waals surface area contributed by atoms with Crippen molar-refractivity contribution in [2.75, 3.05) is 48.7 Å². The van der Waals surface area contributed by atoms with Crippen LogP contribution in [0.2, 0.25) is 0 Å². The van der Waals surface area contributed by atoms with Crippen molar-refractivity contribution in [2.24, 2.45) is 0 Å². The van der Waals surface area contributed by atoms with E-state index in [0.717, 1.165) is 22.0 Å². The van der Waals surface area contributed by atoms with Crippen LogP contribution < -0.4 is 13.9 Å². The Bertz CT molecular complexity index is 1010. The number of para-hydroxylation sites is 2. The molecule has 2 aromatic rings. The van der Waals surface area contributed by atoms with Crippen molar-refractivity contribution in [1.82, 2.24) is 4.90 Å². The molecule has 9 heteroatoms. The zero-order valence-corrected chi connectivity index (χ0v) is 18.8. The molecule has 1 fully saturated rings. The third-order valence-electron chi connectivity index (χ3n) is 5.41. The van der Waals surface area contributed by atoms with Crippen LogP contribution in [0.3, 0.4) is 0 Å². The van der Waals surface area contributed by atoms with Gasteiger partial charge < -0.3 is 14.5 Å². The predicted octanol–water partition coefficient (Wildman–Crippen LogP) is 2.73. The van der Waals surface area contributed by atoms with Gasteiger partial charge in [-0.15, -0.1) is 0 Å². The van der Waals surface area contributed by atoms with Gasteiger partial charge >= 0.3 is 0 Å². The maximum Gasteiger partial charge on any atom is 0.246 e. The van der Waals surface area contributed by atoms with Crippen molar-refractivity contribution in [1.29, 1.82) is 0 Å². The largest absolute Gasteiger partial charge is 0.495 e. The Kier molecular flexibility index (Phi) is 7.04. The summed E-state index contributed by atoms with van der Waals surface area (Å²) in [6.07, 6.45) is 1.36. The first-order chi connectivity index (χ1) is 14.8. The maximum atomic E-state index is 13.4. The Hall–Kier alpha value is -2.81. The molecule has 3 rings (SSSR count). The van der Waals surface area contributed by atoms with Gasteiger partial charge in [0.1, 0.15) is 17.6 Å². The van der Waals surface area contributed by atoms with E-state index in [9.17, 15) is 17.6 Å². The van der Waals surface area contributed by atoms with E-state index in [2.05, 4.69) is 4.90 Å². The molecule has 0 N–H and O–H groups in total. The molecule has 1 aliphatic heterocycles. The molecule has 168 valence electrons. The van der Waals surface area contributed by atoms with Gasteiger partial charge in [0.05, 0.1) is 24.7 Å². The lowest BCUT2D eigenvalue weighted by molar-refractivity contribution is -0.132. The molecule has 0 unspecified atom stereocenters. The Morgan fingerprint density at radius 2 is 1.71 bits per heavy atom. The zero-order chi connectivity index (χ0) is 22.6. The van der Waals surface area contributed by atoms with Gasteiger partial charge in [-0.05, 0) is 42.8 Å². The zero-order valence-electron chi connectivity index (χ0n) is 18.0. The summed E-state index contributed by atoms with van der Waals surface area (Å²) in [5.41, 5.74) is 1.24. The monoisotopic (exact) mass is 449 g/mol. The molecule has 1 saturated heterocycles. The SMILES string of the molecule is CC[C@H](C(=O)N1CCN(c2ccccc2OC)CC1)N(c1ccc(F)cc1)S(C)(=O)=O. The van der Waals surface area contributed by atoms with E-state index in [4.69, 9.17) is 4.74 Å². The molecule has 0 aliphatic carbocycles. The van der Waals surface area contributed by atoms with Crippen LogP contribution in [0.1, 0.15) is 13.3 Å². The van der Waals surface area contributed by atoms with E-state index in [1.54, 1.807) is 18.9 Å². The van der Waals surface area contributed by atoms with E-state index < -0.39 is 21.9 Å². The number of nitrogens with zero attached hydrogens (tertiary/aromatic N) is 3. The molecule has 31 heavy (non-hydrogen) atoms. The summed E-state index contributed by atoms with van der Waals surface area (Å²) in [4.78, 5) is 17.2. The molecule has 1 aliphatic rings. The number of halogens is 1. The molecule has 0 aromatic heterocycles. The smallest absolute Gasteiger partial charge is 0.246 e. The minimum atomic E-state index is -3.75. The summed E-state index contributed by atoms with van der Waals surface area (Å²) >= 11 is 0. The van der Waals surface area contributed by atoms with Gasteiger partial charge in [0.2, 0.25) is 15.9 Å². The topological polar surface area (TPSA) is 70.2 Å². The first-order valence-electron chi connectivity index (χ1n) is 10.2. The second kappa shape index (κ2) is 9.55. The Labute approximate surface area is 183 Å². The molecular formula is C22H28FN3O4S. The fourth-order valence-electron chi connectivity index (χ4n) is 3.90. The predicted molar refractivity (Wildman–Crippen MR) is 120 cm³/mol. The first-order valence-corrected chi connectivity index (χ1v) is 12.0. The van der Waals surface area contributed by atoms with Crippen molar-refractivity contribution in [3.05, 3.63) is 54.3 Å². The van der Waals surface area contributed by atoms with Crippen LogP contribution in [0.5, 0.6) is 5.75 Å². The van der Waals surface area contributed by atoms with Gasteiger partial charge in [-0.25, -0.2) is 12.8 Å². The normalized spacial score (nSPS) is 15.5. The minimum absolute atomic E-state index is 0.253. The highest BCUT2D eigenvalue weighted by atomic mass is 32.2. The number of carbonyl (C=O) groups is 1. The number of hydrogen-bond donors (Lipinski definition) is 0. The van der Waals surface area contributed by atoms with E-state index in [1.807, 2.05) is 24.3 Å². The summed E-state index contributed by atoms with van der Waals surface area (Å²) in [7, 11) is -2.13. The van der Waals surface area contributed by atoms with Crippen LogP contribution in [-0.4, -0.2) is 64.8 Å². The van der Waals surface area contributed by atoms with Crippen molar-refractivity contribution in [2.45, 2.75) is 19.4 Å². The van der Waals surface area contributed by atoms with Crippen LogP contribution in [0, 0.1) is 5.82 Å². The minimum Gasteiger partial charge on any atom is -0.495 e. The van der Waals surface area contributed by atoms with Crippen LogP contribution >= 0.6 is 0 Å². The number of benzene rings is 2. The number of methoxy groups -OCH3 is 1. The number of sulfonamides is 1. The van der Waals surface area contributed by atoms with Gasteiger partial charge in [-0.1, -0.05) is 19.1 Å². The second-order valence-corrected chi connectivity index (χ2v) is 9.30. The number of carbonyl (C=O) groups excluding carboxylic acids is 1. The third kappa shape index (κ3) is 5.10. The average Bonchev–Trinajstić information content (AvgIpc) is 2.77. The van der Waals surface area contributed by atoms with E-state index in [0.29, 0.717) is 32.6 Å². The number of piperazine rings is 1. The summed E-state index contributed by atoms with van der Waals surface area (Å²) in [6.45, 7) is 3.92. The van der Waals surface area contributed by atoms with Gasteiger partial charge in [0, 0.05) is 26.2 Å². The van der Waals surface area contributed by atoms with E-state index >= 15 is 0 Å². The Balaban J connectivity index is 1.78. The van der Waals surface area contributed by atoms with E-state index in [1.165, 1.54) is 24.3 Å². The van der Waals surface area contributed by atoms with Gasteiger partial charge in [-0.3, -0.25) is 9.10 Å². The fourth-order valence-corrected chi connectivity index (χ4v) is 5.11. The Morgan fingerprint density at radius 1 is 1.10 bits per heavy atom. The first kappa shape index (κ1) is 22.9. The molecule has 0 radical (unpaired) electrons. The van der Waals surface area contributed by atoms with Crippen molar-refractivity contribution < 1.29 is 22.3 Å². The van der Waals surface area contributed by atoms with Crippen molar-refractivity contribution >= 4 is 27.3 Å². The second-order valence-electron chi connectivity index (χ2n) is 7.44. The molecule has 0 bridgehead atoms. The molecule has 0 spiro atoms.